The summed E-state index contributed by atoms with van der Waals surface area (Å²) >= 11 is 3.25. The molecule has 1 heterocycles. The second-order valence-corrected chi connectivity index (χ2v) is 5.87. The first-order chi connectivity index (χ1) is 10.0. The Morgan fingerprint density at radius 3 is 2.86 bits per heavy atom. The summed E-state index contributed by atoms with van der Waals surface area (Å²) in [6.45, 7) is 4.83. The average Bonchev–Trinajstić information content (AvgIpc) is 2.45. The molecule has 0 unspecified atom stereocenters. The third-order valence-corrected chi connectivity index (χ3v) is 3.10. The van der Waals surface area contributed by atoms with Crippen LogP contribution in [0.1, 0.15) is 24.2 Å². The normalized spacial score (nSPS) is 10.5. The van der Waals surface area contributed by atoms with Crippen LogP contribution in [-0.2, 0) is 0 Å². The second kappa shape index (κ2) is 7.22. The van der Waals surface area contributed by atoms with E-state index in [1.807, 2.05) is 24.3 Å². The van der Waals surface area contributed by atoms with E-state index in [1.54, 1.807) is 18.3 Å². The van der Waals surface area contributed by atoms with Gasteiger partial charge in [0.2, 0.25) is 0 Å². The number of hydrogen-bond donors (Lipinski definition) is 1. The van der Waals surface area contributed by atoms with Crippen molar-refractivity contribution in [2.75, 3.05) is 11.9 Å². The lowest BCUT2D eigenvalue weighted by molar-refractivity contribution is 0.102. The first-order valence-electron chi connectivity index (χ1n) is 6.70. The van der Waals surface area contributed by atoms with Crippen LogP contribution in [-0.4, -0.2) is 17.5 Å². The van der Waals surface area contributed by atoms with Crippen LogP contribution in [0.25, 0.3) is 0 Å². The number of ether oxygens (including phenoxy) is 1. The summed E-state index contributed by atoms with van der Waals surface area (Å²) in [5, 5.41) is 2.85. The SMILES string of the molecule is CC(C)COc1cccc(NC(=O)c2ccnc(Br)c2)c1. The standard InChI is InChI=1S/C16H17BrN2O2/c1-11(2)10-21-14-5-3-4-13(9-14)19-16(20)12-6-7-18-15(17)8-12/h3-9,11H,10H2,1-2H3,(H,19,20). The molecule has 0 aliphatic heterocycles. The Morgan fingerprint density at radius 2 is 2.14 bits per heavy atom. The Hall–Kier alpha value is -1.88. The zero-order chi connectivity index (χ0) is 15.2. The molecule has 1 aromatic carbocycles. The van der Waals surface area contributed by atoms with E-state index in [-0.39, 0.29) is 5.91 Å². The second-order valence-electron chi connectivity index (χ2n) is 5.05. The topological polar surface area (TPSA) is 51.2 Å². The third kappa shape index (κ3) is 4.86. The van der Waals surface area contributed by atoms with Gasteiger partial charge in [0.25, 0.3) is 5.91 Å². The van der Waals surface area contributed by atoms with Crippen molar-refractivity contribution >= 4 is 27.5 Å². The van der Waals surface area contributed by atoms with Crippen molar-refractivity contribution in [1.29, 1.82) is 0 Å². The van der Waals surface area contributed by atoms with E-state index in [0.717, 1.165) is 5.75 Å². The van der Waals surface area contributed by atoms with E-state index < -0.39 is 0 Å². The van der Waals surface area contributed by atoms with E-state index in [0.29, 0.717) is 28.4 Å². The molecular weight excluding hydrogens is 332 g/mol. The maximum atomic E-state index is 12.1. The number of nitrogens with one attached hydrogen (secondary N) is 1. The summed E-state index contributed by atoms with van der Waals surface area (Å²) in [7, 11) is 0. The number of aromatic nitrogens is 1. The van der Waals surface area contributed by atoms with Crippen LogP contribution in [0.5, 0.6) is 5.75 Å². The molecule has 4 nitrogen and oxygen atoms in total. The molecule has 0 fully saturated rings. The van der Waals surface area contributed by atoms with Crippen molar-refractivity contribution in [2.24, 2.45) is 5.92 Å². The number of amides is 1. The number of carbonyl (C=O) groups is 1. The lowest BCUT2D eigenvalue weighted by Gasteiger charge is -2.10. The Balaban J connectivity index is 2.05. The van der Waals surface area contributed by atoms with Gasteiger partial charge in [0.15, 0.2) is 0 Å². The predicted octanol–water partition coefficient (Wildman–Crippen LogP) is 4.13. The molecule has 1 aromatic heterocycles. The fourth-order valence-electron chi connectivity index (χ4n) is 1.67. The minimum atomic E-state index is -0.181. The zero-order valence-electron chi connectivity index (χ0n) is 12.0. The molecule has 0 saturated heterocycles. The first-order valence-corrected chi connectivity index (χ1v) is 7.49. The van der Waals surface area contributed by atoms with Gasteiger partial charge >= 0.3 is 0 Å². The zero-order valence-corrected chi connectivity index (χ0v) is 13.6. The molecule has 2 aromatic rings. The van der Waals surface area contributed by atoms with Gasteiger partial charge in [-0.2, -0.15) is 0 Å². The number of halogens is 1. The maximum Gasteiger partial charge on any atom is 0.255 e. The van der Waals surface area contributed by atoms with Gasteiger partial charge in [0.1, 0.15) is 10.4 Å². The molecule has 1 N–H and O–H groups in total. The highest BCUT2D eigenvalue weighted by Crippen LogP contribution is 2.19. The number of nitrogens with zero attached hydrogens (tertiary/aromatic N) is 1. The Morgan fingerprint density at radius 1 is 1.33 bits per heavy atom. The number of hydrogen-bond acceptors (Lipinski definition) is 3. The number of carbonyl (C=O) groups excluding carboxylic acids is 1. The molecule has 0 radical (unpaired) electrons. The Labute approximate surface area is 132 Å². The van der Waals surface area contributed by atoms with Crippen molar-refractivity contribution in [2.45, 2.75) is 13.8 Å². The van der Waals surface area contributed by atoms with E-state index in [9.17, 15) is 4.79 Å². The van der Waals surface area contributed by atoms with Crippen LogP contribution in [0.3, 0.4) is 0 Å². The molecule has 1 amide bonds. The molecule has 110 valence electrons. The third-order valence-electron chi connectivity index (χ3n) is 2.66. The fraction of sp³-hybridized carbons (Fsp3) is 0.250. The van der Waals surface area contributed by atoms with Gasteiger partial charge in [-0.25, -0.2) is 4.98 Å². The molecule has 21 heavy (non-hydrogen) atoms. The van der Waals surface area contributed by atoms with E-state index in [4.69, 9.17) is 4.74 Å². The molecule has 0 saturated carbocycles. The average molecular weight is 349 g/mol. The molecule has 0 atom stereocenters. The first kappa shape index (κ1) is 15.5. The molecule has 0 bridgehead atoms. The van der Waals surface area contributed by atoms with Gasteiger partial charge in [-0.3, -0.25) is 4.79 Å². The lowest BCUT2D eigenvalue weighted by Crippen LogP contribution is -2.12. The van der Waals surface area contributed by atoms with Gasteiger partial charge in [-0.1, -0.05) is 19.9 Å². The summed E-state index contributed by atoms with van der Waals surface area (Å²) in [4.78, 5) is 16.1. The van der Waals surface area contributed by atoms with E-state index >= 15 is 0 Å². The van der Waals surface area contributed by atoms with Crippen molar-refractivity contribution < 1.29 is 9.53 Å². The maximum absolute atomic E-state index is 12.1. The summed E-state index contributed by atoms with van der Waals surface area (Å²) < 4.78 is 6.27. The highest BCUT2D eigenvalue weighted by atomic mass is 79.9. The van der Waals surface area contributed by atoms with Crippen molar-refractivity contribution in [3.63, 3.8) is 0 Å². The van der Waals surface area contributed by atoms with Gasteiger partial charge < -0.3 is 10.1 Å². The lowest BCUT2D eigenvalue weighted by atomic mass is 10.2. The molecule has 2 rings (SSSR count). The monoisotopic (exact) mass is 348 g/mol. The minimum absolute atomic E-state index is 0.181. The molecular formula is C16H17BrN2O2. The Bertz CT molecular complexity index is 629. The largest absolute Gasteiger partial charge is 0.493 e. The molecule has 0 aliphatic rings. The van der Waals surface area contributed by atoms with Crippen LogP contribution in [0.2, 0.25) is 0 Å². The smallest absolute Gasteiger partial charge is 0.255 e. The van der Waals surface area contributed by atoms with Gasteiger partial charge in [0, 0.05) is 23.5 Å². The highest BCUT2D eigenvalue weighted by Gasteiger charge is 2.07. The fourth-order valence-corrected chi connectivity index (χ4v) is 2.04. The van der Waals surface area contributed by atoms with Crippen LogP contribution in [0.4, 0.5) is 5.69 Å². The van der Waals surface area contributed by atoms with Gasteiger partial charge in [-0.15, -0.1) is 0 Å². The van der Waals surface area contributed by atoms with Crippen molar-refractivity contribution in [1.82, 2.24) is 4.98 Å². The van der Waals surface area contributed by atoms with Crippen LogP contribution < -0.4 is 10.1 Å². The minimum Gasteiger partial charge on any atom is -0.493 e. The molecule has 0 spiro atoms. The summed E-state index contributed by atoms with van der Waals surface area (Å²) in [6, 6.07) is 10.7. The summed E-state index contributed by atoms with van der Waals surface area (Å²) in [5.41, 5.74) is 1.25. The predicted molar refractivity (Wildman–Crippen MR) is 86.7 cm³/mol. The van der Waals surface area contributed by atoms with Crippen LogP contribution >= 0.6 is 15.9 Å². The number of anilines is 1. The van der Waals surface area contributed by atoms with Crippen LogP contribution in [0.15, 0.2) is 47.2 Å². The number of rotatable bonds is 5. The molecule has 5 heteroatoms. The Kier molecular flexibility index (Phi) is 5.33. The van der Waals surface area contributed by atoms with E-state index in [2.05, 4.69) is 40.1 Å². The van der Waals surface area contributed by atoms with Gasteiger partial charge in [-0.05, 0) is 46.1 Å². The molecule has 0 aliphatic carbocycles. The summed E-state index contributed by atoms with van der Waals surface area (Å²) in [6.07, 6.45) is 1.58. The van der Waals surface area contributed by atoms with E-state index in [1.165, 1.54) is 0 Å². The van der Waals surface area contributed by atoms with Crippen molar-refractivity contribution in [3.05, 3.63) is 52.8 Å². The quantitative estimate of drug-likeness (QED) is 0.826. The highest BCUT2D eigenvalue weighted by molar-refractivity contribution is 9.10. The van der Waals surface area contributed by atoms with Gasteiger partial charge in [0.05, 0.1) is 6.61 Å². The van der Waals surface area contributed by atoms with Crippen molar-refractivity contribution in [3.8, 4) is 5.75 Å². The summed E-state index contributed by atoms with van der Waals surface area (Å²) in [5.74, 6) is 1.02. The van der Waals surface area contributed by atoms with Crippen LogP contribution in [0, 0.1) is 5.92 Å². The number of benzene rings is 1. The number of pyridine rings is 1.